The fourth-order valence-corrected chi connectivity index (χ4v) is 5.12. The third-order valence-electron chi connectivity index (χ3n) is 6.88. The first kappa shape index (κ1) is 21.7. The molecule has 0 unspecified atom stereocenters. The fraction of sp³-hybridized carbons (Fsp3) is 0.462. The summed E-state index contributed by atoms with van der Waals surface area (Å²) < 4.78 is 6.08. The van der Waals surface area contributed by atoms with Crippen molar-refractivity contribution >= 4 is 23.2 Å². The Morgan fingerprint density at radius 1 is 1.16 bits per heavy atom. The molecule has 2 fully saturated rings. The molecule has 2 saturated carbocycles. The van der Waals surface area contributed by atoms with E-state index in [1.807, 2.05) is 30.3 Å². The van der Waals surface area contributed by atoms with Crippen molar-refractivity contribution in [2.24, 2.45) is 5.41 Å². The van der Waals surface area contributed by atoms with Crippen LogP contribution in [-0.2, 0) is 0 Å². The second kappa shape index (κ2) is 8.93. The quantitative estimate of drug-likeness (QED) is 0.517. The van der Waals surface area contributed by atoms with E-state index >= 15 is 0 Å². The van der Waals surface area contributed by atoms with E-state index in [1.54, 1.807) is 12.1 Å². The number of amides is 1. The van der Waals surface area contributed by atoms with Crippen molar-refractivity contribution in [1.29, 1.82) is 0 Å². The van der Waals surface area contributed by atoms with Crippen molar-refractivity contribution in [3.8, 4) is 5.75 Å². The lowest BCUT2D eigenvalue weighted by atomic mass is 9.58. The van der Waals surface area contributed by atoms with E-state index < -0.39 is 0 Å². The molecule has 1 N–H and O–H groups in total. The number of rotatable bonds is 5. The van der Waals surface area contributed by atoms with Gasteiger partial charge in [0.2, 0.25) is 5.69 Å². The van der Waals surface area contributed by atoms with Gasteiger partial charge in [-0.1, -0.05) is 43.6 Å². The number of nitrogens with zero attached hydrogens (tertiary/aromatic N) is 1. The van der Waals surface area contributed by atoms with Gasteiger partial charge in [-0.25, -0.2) is 4.85 Å². The van der Waals surface area contributed by atoms with Crippen LogP contribution >= 0.6 is 11.6 Å². The van der Waals surface area contributed by atoms with E-state index in [0.717, 1.165) is 49.8 Å². The summed E-state index contributed by atoms with van der Waals surface area (Å²) >= 11 is 6.11. The van der Waals surface area contributed by atoms with Gasteiger partial charge in [0.25, 0.3) is 5.91 Å². The first-order valence-electron chi connectivity index (χ1n) is 11.1. The lowest BCUT2D eigenvalue weighted by Crippen LogP contribution is -2.49. The van der Waals surface area contributed by atoms with Crippen molar-refractivity contribution in [1.82, 2.24) is 5.32 Å². The fourth-order valence-electron chi connectivity index (χ4n) is 4.90. The van der Waals surface area contributed by atoms with E-state index in [4.69, 9.17) is 22.9 Å². The van der Waals surface area contributed by atoms with Gasteiger partial charge in [0, 0.05) is 11.6 Å². The molecule has 2 aromatic carbocycles. The van der Waals surface area contributed by atoms with Crippen LogP contribution in [0.2, 0.25) is 5.02 Å². The molecule has 2 aromatic rings. The topological polar surface area (TPSA) is 42.7 Å². The highest BCUT2D eigenvalue weighted by atomic mass is 35.5. The first-order valence-corrected chi connectivity index (χ1v) is 11.5. The van der Waals surface area contributed by atoms with Crippen LogP contribution in [0.5, 0.6) is 5.75 Å². The molecule has 0 bridgehead atoms. The Hall–Kier alpha value is -2.51. The minimum atomic E-state index is 0.0332. The van der Waals surface area contributed by atoms with Gasteiger partial charge in [-0.15, -0.1) is 0 Å². The molecule has 4 rings (SSSR count). The van der Waals surface area contributed by atoms with Crippen molar-refractivity contribution < 1.29 is 9.53 Å². The van der Waals surface area contributed by atoms with Crippen LogP contribution < -0.4 is 10.1 Å². The maximum atomic E-state index is 12.6. The Bertz CT molecular complexity index is 977. The van der Waals surface area contributed by atoms with E-state index in [2.05, 4.69) is 24.0 Å². The standard InChI is InChI=1S/C26H29ClN2O2/c1-17(2)18-4-6-19(7-5-18)25(30)29-20-10-12-26(13-11-20)15-22(16-26)31-21-8-9-24(28-3)23(27)14-21/h4-9,14,17,20,22H,10-13,15-16H2,1-2H3,(H,29,30). The van der Waals surface area contributed by atoms with Crippen molar-refractivity contribution in [3.05, 3.63) is 70.0 Å². The molecule has 0 atom stereocenters. The predicted molar refractivity (Wildman–Crippen MR) is 124 cm³/mol. The molecule has 4 nitrogen and oxygen atoms in total. The first-order chi connectivity index (χ1) is 14.9. The zero-order chi connectivity index (χ0) is 22.0. The van der Waals surface area contributed by atoms with E-state index in [9.17, 15) is 4.79 Å². The normalized spacial score (nSPS) is 25.0. The number of halogens is 1. The summed E-state index contributed by atoms with van der Waals surface area (Å²) in [5, 5.41) is 3.67. The number of hydrogen-bond donors (Lipinski definition) is 1. The molecule has 0 heterocycles. The summed E-state index contributed by atoms with van der Waals surface area (Å²) in [6, 6.07) is 13.5. The van der Waals surface area contributed by atoms with Gasteiger partial charge in [-0.3, -0.25) is 4.79 Å². The average Bonchev–Trinajstić information content (AvgIpc) is 2.74. The largest absolute Gasteiger partial charge is 0.490 e. The van der Waals surface area contributed by atoms with Crippen LogP contribution in [-0.4, -0.2) is 18.1 Å². The van der Waals surface area contributed by atoms with E-state index in [1.165, 1.54) is 5.56 Å². The molecule has 5 heteroatoms. The summed E-state index contributed by atoms with van der Waals surface area (Å²) in [6.07, 6.45) is 6.60. The number of hydrogen-bond acceptors (Lipinski definition) is 2. The smallest absolute Gasteiger partial charge is 0.251 e. The molecule has 0 aliphatic heterocycles. The summed E-state index contributed by atoms with van der Waals surface area (Å²) in [6.45, 7) is 11.4. The van der Waals surface area contributed by atoms with Gasteiger partial charge in [-0.05, 0) is 79.7 Å². The molecule has 0 radical (unpaired) electrons. The molecule has 0 saturated heterocycles. The number of nitrogens with one attached hydrogen (secondary N) is 1. The maximum Gasteiger partial charge on any atom is 0.251 e. The van der Waals surface area contributed by atoms with Crippen LogP contribution in [0.4, 0.5) is 5.69 Å². The van der Waals surface area contributed by atoms with Crippen LogP contribution in [0.3, 0.4) is 0 Å². The number of benzene rings is 2. The zero-order valence-corrected chi connectivity index (χ0v) is 18.9. The highest BCUT2D eigenvalue weighted by molar-refractivity contribution is 6.33. The van der Waals surface area contributed by atoms with Gasteiger partial charge in [-0.2, -0.15) is 0 Å². The summed E-state index contributed by atoms with van der Waals surface area (Å²) in [7, 11) is 0. The molecular weight excluding hydrogens is 408 g/mol. The third-order valence-corrected chi connectivity index (χ3v) is 7.19. The highest BCUT2D eigenvalue weighted by Crippen LogP contribution is 2.53. The highest BCUT2D eigenvalue weighted by Gasteiger charge is 2.47. The molecule has 0 aromatic heterocycles. The third kappa shape index (κ3) is 4.88. The number of carbonyl (C=O) groups excluding carboxylic acids is 1. The predicted octanol–water partition coefficient (Wildman–Crippen LogP) is 6.91. The Balaban J connectivity index is 1.23. The molecule has 162 valence electrons. The Morgan fingerprint density at radius 2 is 1.84 bits per heavy atom. The number of carbonyl (C=O) groups is 1. The second-order valence-corrected chi connectivity index (χ2v) is 9.80. The van der Waals surface area contributed by atoms with Gasteiger partial charge >= 0.3 is 0 Å². The van der Waals surface area contributed by atoms with Crippen molar-refractivity contribution in [2.75, 3.05) is 0 Å². The minimum Gasteiger partial charge on any atom is -0.490 e. The molecule has 1 spiro atoms. The summed E-state index contributed by atoms with van der Waals surface area (Å²) in [5.41, 5.74) is 2.80. The molecule has 31 heavy (non-hydrogen) atoms. The molecule has 2 aliphatic rings. The van der Waals surface area contributed by atoms with Crippen LogP contribution in [0.25, 0.3) is 4.85 Å². The second-order valence-electron chi connectivity index (χ2n) is 9.40. The molecule has 1 amide bonds. The maximum absolute atomic E-state index is 12.6. The lowest BCUT2D eigenvalue weighted by Gasteiger charge is -2.51. The average molecular weight is 437 g/mol. The van der Waals surface area contributed by atoms with Crippen molar-refractivity contribution in [2.45, 2.75) is 70.4 Å². The van der Waals surface area contributed by atoms with Crippen LogP contribution in [0.1, 0.15) is 74.2 Å². The van der Waals surface area contributed by atoms with E-state index in [0.29, 0.717) is 22.0 Å². The van der Waals surface area contributed by atoms with E-state index in [-0.39, 0.29) is 18.1 Å². The van der Waals surface area contributed by atoms with Gasteiger partial charge in [0.1, 0.15) is 5.75 Å². The molecular formula is C26H29ClN2O2. The van der Waals surface area contributed by atoms with Gasteiger partial charge in [0.05, 0.1) is 17.7 Å². The Morgan fingerprint density at radius 3 is 2.42 bits per heavy atom. The van der Waals surface area contributed by atoms with Gasteiger partial charge in [0.15, 0.2) is 0 Å². The number of ether oxygens (including phenoxy) is 1. The Labute approximate surface area is 189 Å². The Kier molecular flexibility index (Phi) is 6.25. The van der Waals surface area contributed by atoms with Crippen LogP contribution in [0, 0.1) is 12.0 Å². The lowest BCUT2D eigenvalue weighted by molar-refractivity contribution is -0.0437. The summed E-state index contributed by atoms with van der Waals surface area (Å²) in [5.74, 6) is 1.24. The minimum absolute atomic E-state index is 0.0332. The SMILES string of the molecule is [C-]#[N+]c1ccc(OC2CC3(CCC(NC(=O)c4ccc(C(C)C)cc4)CC3)C2)cc1Cl. The zero-order valence-electron chi connectivity index (χ0n) is 18.2. The van der Waals surface area contributed by atoms with Crippen LogP contribution in [0.15, 0.2) is 42.5 Å². The monoisotopic (exact) mass is 436 g/mol. The van der Waals surface area contributed by atoms with Crippen molar-refractivity contribution in [3.63, 3.8) is 0 Å². The van der Waals surface area contributed by atoms with Gasteiger partial charge < -0.3 is 10.1 Å². The summed E-state index contributed by atoms with van der Waals surface area (Å²) in [4.78, 5) is 16.0. The molecule has 2 aliphatic carbocycles.